The van der Waals surface area contributed by atoms with Crippen molar-refractivity contribution in [3.8, 4) is 0 Å². The highest BCUT2D eigenvalue weighted by Gasteiger charge is 2.23. The summed E-state index contributed by atoms with van der Waals surface area (Å²) in [5.41, 5.74) is 3.13. The van der Waals surface area contributed by atoms with Crippen molar-refractivity contribution in [2.75, 3.05) is 33.0 Å². The molecule has 0 aliphatic carbocycles. The molecule has 1 aromatic rings. The van der Waals surface area contributed by atoms with Gasteiger partial charge in [0.15, 0.2) is 12.6 Å². The second kappa shape index (κ2) is 6.65. The number of hydrogen-bond donors (Lipinski definition) is 1. The van der Waals surface area contributed by atoms with Crippen molar-refractivity contribution in [3.63, 3.8) is 0 Å². The average molecular weight is 280 g/mol. The molecule has 2 saturated heterocycles. The first-order chi connectivity index (χ1) is 9.86. The Morgan fingerprint density at radius 1 is 0.850 bits per heavy atom. The van der Waals surface area contributed by atoms with Gasteiger partial charge in [-0.05, 0) is 24.5 Å². The maximum atomic E-state index is 8.99. The van der Waals surface area contributed by atoms with E-state index in [0.717, 1.165) is 29.5 Å². The molecule has 5 nitrogen and oxygen atoms in total. The van der Waals surface area contributed by atoms with Gasteiger partial charge in [0.25, 0.3) is 0 Å². The van der Waals surface area contributed by atoms with E-state index in [-0.39, 0.29) is 19.2 Å². The predicted molar refractivity (Wildman–Crippen MR) is 71.1 cm³/mol. The Balaban J connectivity index is 1.85. The van der Waals surface area contributed by atoms with Gasteiger partial charge in [-0.3, -0.25) is 0 Å². The maximum Gasteiger partial charge on any atom is 0.184 e. The lowest BCUT2D eigenvalue weighted by Crippen LogP contribution is -2.05. The number of aryl methyl sites for hydroxylation is 1. The summed E-state index contributed by atoms with van der Waals surface area (Å²) in [6.07, 6.45) is 0.951. The van der Waals surface area contributed by atoms with Gasteiger partial charge in [0.05, 0.1) is 26.4 Å². The molecule has 0 spiro atoms. The van der Waals surface area contributed by atoms with Gasteiger partial charge >= 0.3 is 0 Å². The van der Waals surface area contributed by atoms with Gasteiger partial charge in [-0.15, -0.1) is 0 Å². The fourth-order valence-electron chi connectivity index (χ4n) is 2.55. The molecule has 0 atom stereocenters. The minimum Gasteiger partial charge on any atom is -0.396 e. The number of ether oxygens (including phenoxy) is 4. The number of benzene rings is 1. The van der Waals surface area contributed by atoms with Crippen LogP contribution in [0.25, 0.3) is 0 Å². The van der Waals surface area contributed by atoms with Crippen LogP contribution < -0.4 is 0 Å². The standard InChI is InChI=1S/C15H20O5/c16-3-1-2-11-8-12(14-17-4-5-18-14)10-13(9-11)15-19-6-7-20-15/h8-10,14-16H,1-7H2. The van der Waals surface area contributed by atoms with Gasteiger partial charge < -0.3 is 24.1 Å². The molecular formula is C15H20O5. The summed E-state index contributed by atoms with van der Waals surface area (Å²) in [7, 11) is 0. The Morgan fingerprint density at radius 3 is 1.80 bits per heavy atom. The number of hydrogen-bond acceptors (Lipinski definition) is 5. The van der Waals surface area contributed by atoms with Crippen LogP contribution >= 0.6 is 0 Å². The zero-order valence-electron chi connectivity index (χ0n) is 11.4. The van der Waals surface area contributed by atoms with Crippen LogP contribution in [-0.4, -0.2) is 38.1 Å². The van der Waals surface area contributed by atoms with Gasteiger partial charge in [-0.1, -0.05) is 12.1 Å². The summed E-state index contributed by atoms with van der Waals surface area (Å²) < 4.78 is 22.3. The highest BCUT2D eigenvalue weighted by atomic mass is 16.7. The van der Waals surface area contributed by atoms with Crippen molar-refractivity contribution >= 4 is 0 Å². The van der Waals surface area contributed by atoms with E-state index in [2.05, 4.69) is 12.1 Å². The van der Waals surface area contributed by atoms with Gasteiger partial charge in [-0.25, -0.2) is 0 Å². The van der Waals surface area contributed by atoms with Crippen molar-refractivity contribution in [1.82, 2.24) is 0 Å². The summed E-state index contributed by atoms with van der Waals surface area (Å²) in [5, 5.41) is 8.99. The first kappa shape index (κ1) is 14.0. The fraction of sp³-hybridized carbons (Fsp3) is 0.600. The van der Waals surface area contributed by atoms with Gasteiger partial charge in [-0.2, -0.15) is 0 Å². The first-order valence-corrected chi connectivity index (χ1v) is 7.08. The van der Waals surface area contributed by atoms with Gasteiger partial charge in [0, 0.05) is 17.7 Å². The summed E-state index contributed by atoms with van der Waals surface area (Å²) in [6.45, 7) is 2.68. The van der Waals surface area contributed by atoms with Crippen molar-refractivity contribution in [2.45, 2.75) is 25.4 Å². The van der Waals surface area contributed by atoms with Crippen molar-refractivity contribution in [1.29, 1.82) is 0 Å². The molecular weight excluding hydrogens is 260 g/mol. The molecule has 5 heteroatoms. The smallest absolute Gasteiger partial charge is 0.184 e. The number of rotatable bonds is 5. The molecule has 0 amide bonds. The maximum absolute atomic E-state index is 8.99. The van der Waals surface area contributed by atoms with E-state index in [9.17, 15) is 0 Å². The van der Waals surface area contributed by atoms with Crippen molar-refractivity contribution in [3.05, 3.63) is 34.9 Å². The van der Waals surface area contributed by atoms with Crippen LogP contribution in [0, 0.1) is 0 Å². The molecule has 2 aliphatic rings. The summed E-state index contributed by atoms with van der Waals surface area (Å²) in [4.78, 5) is 0. The highest BCUT2D eigenvalue weighted by molar-refractivity contribution is 5.32. The lowest BCUT2D eigenvalue weighted by molar-refractivity contribution is -0.0493. The van der Waals surface area contributed by atoms with E-state index in [1.54, 1.807) is 0 Å². The van der Waals surface area contributed by atoms with Crippen LogP contribution in [0.1, 0.15) is 35.7 Å². The van der Waals surface area contributed by atoms with Crippen LogP contribution in [0.3, 0.4) is 0 Å². The molecule has 0 radical (unpaired) electrons. The summed E-state index contributed by atoms with van der Waals surface area (Å²) in [6, 6.07) is 6.17. The third-order valence-corrected chi connectivity index (χ3v) is 3.45. The van der Waals surface area contributed by atoms with Crippen LogP contribution in [0.15, 0.2) is 18.2 Å². The molecule has 2 heterocycles. The molecule has 110 valence electrons. The summed E-state index contributed by atoms with van der Waals surface area (Å²) in [5.74, 6) is 0. The third-order valence-electron chi connectivity index (χ3n) is 3.45. The Kier molecular flexibility index (Phi) is 4.65. The van der Waals surface area contributed by atoms with Gasteiger partial charge in [0.2, 0.25) is 0 Å². The molecule has 2 aliphatic heterocycles. The Labute approximate surface area is 118 Å². The summed E-state index contributed by atoms with van der Waals surface area (Å²) >= 11 is 0. The lowest BCUT2D eigenvalue weighted by Gasteiger charge is -2.16. The third kappa shape index (κ3) is 3.19. The van der Waals surface area contributed by atoms with Crippen LogP contribution in [0.4, 0.5) is 0 Å². The minimum atomic E-state index is -0.302. The van der Waals surface area contributed by atoms with Crippen LogP contribution in [0.5, 0.6) is 0 Å². The molecule has 0 saturated carbocycles. The van der Waals surface area contributed by atoms with Crippen LogP contribution in [0.2, 0.25) is 0 Å². The monoisotopic (exact) mass is 280 g/mol. The Hall–Kier alpha value is -0.980. The average Bonchev–Trinajstić information content (AvgIpc) is 3.17. The topological polar surface area (TPSA) is 57.2 Å². The molecule has 20 heavy (non-hydrogen) atoms. The van der Waals surface area contributed by atoms with Gasteiger partial charge in [0.1, 0.15) is 0 Å². The molecule has 0 aromatic heterocycles. The normalized spacial score (nSPS) is 20.9. The van der Waals surface area contributed by atoms with E-state index in [1.807, 2.05) is 6.07 Å². The number of aliphatic hydroxyl groups is 1. The molecule has 0 unspecified atom stereocenters. The molecule has 1 N–H and O–H groups in total. The second-order valence-corrected chi connectivity index (χ2v) is 4.98. The van der Waals surface area contributed by atoms with Crippen molar-refractivity contribution < 1.29 is 24.1 Å². The van der Waals surface area contributed by atoms with E-state index >= 15 is 0 Å². The lowest BCUT2D eigenvalue weighted by atomic mass is 10.0. The van der Waals surface area contributed by atoms with E-state index in [4.69, 9.17) is 24.1 Å². The minimum absolute atomic E-state index is 0.187. The highest BCUT2D eigenvalue weighted by Crippen LogP contribution is 2.30. The van der Waals surface area contributed by atoms with Crippen LogP contribution in [-0.2, 0) is 25.4 Å². The molecule has 2 fully saturated rings. The number of aliphatic hydroxyl groups excluding tert-OH is 1. The quantitative estimate of drug-likeness (QED) is 0.889. The SMILES string of the molecule is OCCCc1cc(C2OCCO2)cc(C2OCCO2)c1. The fourth-order valence-corrected chi connectivity index (χ4v) is 2.55. The molecule has 3 rings (SSSR count). The zero-order valence-corrected chi connectivity index (χ0v) is 11.4. The molecule has 1 aromatic carbocycles. The first-order valence-electron chi connectivity index (χ1n) is 7.08. The van der Waals surface area contributed by atoms with E-state index in [0.29, 0.717) is 26.4 Å². The molecule has 0 bridgehead atoms. The van der Waals surface area contributed by atoms with E-state index in [1.165, 1.54) is 0 Å². The van der Waals surface area contributed by atoms with E-state index < -0.39 is 0 Å². The Bertz CT molecular complexity index is 402. The second-order valence-electron chi connectivity index (χ2n) is 4.98. The zero-order chi connectivity index (χ0) is 13.8. The predicted octanol–water partition coefficient (Wildman–Crippen LogP) is 1.70. The Morgan fingerprint density at radius 2 is 1.35 bits per heavy atom. The van der Waals surface area contributed by atoms with Crippen molar-refractivity contribution in [2.24, 2.45) is 0 Å². The largest absolute Gasteiger partial charge is 0.396 e.